The summed E-state index contributed by atoms with van der Waals surface area (Å²) in [5, 5.41) is 9.18. The van der Waals surface area contributed by atoms with Gasteiger partial charge in [0, 0.05) is 12.3 Å². The van der Waals surface area contributed by atoms with Gasteiger partial charge in [0.1, 0.15) is 5.41 Å². The van der Waals surface area contributed by atoms with Crippen molar-refractivity contribution >= 4 is 5.69 Å². The molecular formula is C11H12N2O. The molecule has 72 valence electrons. The van der Waals surface area contributed by atoms with Gasteiger partial charge in [0.15, 0.2) is 0 Å². The first-order valence-corrected chi connectivity index (χ1v) is 4.62. The van der Waals surface area contributed by atoms with E-state index in [1.807, 2.05) is 24.3 Å². The van der Waals surface area contributed by atoms with Crippen molar-refractivity contribution < 1.29 is 4.74 Å². The highest BCUT2D eigenvalue weighted by molar-refractivity contribution is 5.44. The van der Waals surface area contributed by atoms with E-state index in [2.05, 4.69) is 6.07 Å². The lowest BCUT2D eigenvalue weighted by Gasteiger charge is -2.18. The summed E-state index contributed by atoms with van der Waals surface area (Å²) in [5.74, 6) is 0. The van der Waals surface area contributed by atoms with Crippen LogP contribution in [0.1, 0.15) is 12.0 Å². The van der Waals surface area contributed by atoms with Crippen LogP contribution < -0.4 is 5.73 Å². The van der Waals surface area contributed by atoms with Crippen LogP contribution in [0.2, 0.25) is 0 Å². The molecule has 1 saturated heterocycles. The normalized spacial score (nSPS) is 25.9. The largest absolute Gasteiger partial charge is 0.399 e. The first-order chi connectivity index (χ1) is 6.77. The summed E-state index contributed by atoms with van der Waals surface area (Å²) in [7, 11) is 0. The van der Waals surface area contributed by atoms with E-state index in [1.54, 1.807) is 0 Å². The van der Waals surface area contributed by atoms with Crippen molar-refractivity contribution in [1.29, 1.82) is 5.26 Å². The first-order valence-electron chi connectivity index (χ1n) is 4.62. The molecule has 0 unspecified atom stereocenters. The van der Waals surface area contributed by atoms with Crippen LogP contribution in [0.5, 0.6) is 0 Å². The second-order valence-corrected chi connectivity index (χ2v) is 3.62. The van der Waals surface area contributed by atoms with Crippen molar-refractivity contribution in [3.63, 3.8) is 0 Å². The minimum Gasteiger partial charge on any atom is -0.399 e. The Morgan fingerprint density at radius 1 is 1.36 bits per heavy atom. The van der Waals surface area contributed by atoms with E-state index in [9.17, 15) is 5.26 Å². The minimum atomic E-state index is -0.451. The van der Waals surface area contributed by atoms with Crippen LogP contribution in [0, 0.1) is 11.3 Å². The molecule has 1 heterocycles. The van der Waals surface area contributed by atoms with Crippen LogP contribution in [0.15, 0.2) is 24.3 Å². The van der Waals surface area contributed by atoms with Crippen molar-refractivity contribution in [2.24, 2.45) is 0 Å². The number of nitrogen functional groups attached to an aromatic ring is 1. The van der Waals surface area contributed by atoms with Crippen LogP contribution in [0.4, 0.5) is 5.69 Å². The van der Waals surface area contributed by atoms with Gasteiger partial charge in [-0.2, -0.15) is 5.26 Å². The zero-order chi connectivity index (χ0) is 10.0. The monoisotopic (exact) mass is 188 g/mol. The maximum absolute atomic E-state index is 9.18. The highest BCUT2D eigenvalue weighted by atomic mass is 16.5. The van der Waals surface area contributed by atoms with Gasteiger partial charge in [-0.15, -0.1) is 0 Å². The maximum atomic E-state index is 9.18. The standard InChI is InChI=1S/C11H12N2O/c12-7-11(5-6-14-8-11)9-1-3-10(13)4-2-9/h1-4H,5-6,8,13H2/t11-/m0/s1. The van der Waals surface area contributed by atoms with E-state index in [4.69, 9.17) is 10.5 Å². The highest BCUT2D eigenvalue weighted by Crippen LogP contribution is 2.32. The molecule has 0 amide bonds. The average Bonchev–Trinajstić information content (AvgIpc) is 2.68. The fourth-order valence-corrected chi connectivity index (χ4v) is 1.75. The van der Waals surface area contributed by atoms with E-state index in [-0.39, 0.29) is 0 Å². The molecule has 3 nitrogen and oxygen atoms in total. The molecule has 1 aliphatic heterocycles. The van der Waals surface area contributed by atoms with Crippen LogP contribution in [-0.4, -0.2) is 13.2 Å². The van der Waals surface area contributed by atoms with E-state index in [1.165, 1.54) is 0 Å². The van der Waals surface area contributed by atoms with Crippen molar-refractivity contribution in [3.8, 4) is 6.07 Å². The lowest BCUT2D eigenvalue weighted by Crippen LogP contribution is -2.23. The van der Waals surface area contributed by atoms with Gasteiger partial charge in [-0.05, 0) is 24.1 Å². The predicted molar refractivity (Wildman–Crippen MR) is 53.6 cm³/mol. The molecule has 2 rings (SSSR count). The summed E-state index contributed by atoms with van der Waals surface area (Å²) in [6.07, 6.45) is 0.771. The molecule has 1 fully saturated rings. The van der Waals surface area contributed by atoms with Crippen molar-refractivity contribution in [2.75, 3.05) is 18.9 Å². The molecule has 3 heteroatoms. The Hall–Kier alpha value is -1.53. The van der Waals surface area contributed by atoms with Gasteiger partial charge < -0.3 is 10.5 Å². The summed E-state index contributed by atoms with van der Waals surface area (Å²) in [6.45, 7) is 1.16. The van der Waals surface area contributed by atoms with Gasteiger partial charge in [-0.1, -0.05) is 12.1 Å². The Kier molecular flexibility index (Phi) is 2.14. The van der Waals surface area contributed by atoms with Crippen LogP contribution in [0.3, 0.4) is 0 Å². The number of ether oxygens (including phenoxy) is 1. The number of benzene rings is 1. The van der Waals surface area contributed by atoms with E-state index in [0.29, 0.717) is 13.2 Å². The maximum Gasteiger partial charge on any atom is 0.108 e. The Morgan fingerprint density at radius 2 is 2.07 bits per heavy atom. The second kappa shape index (κ2) is 3.32. The number of anilines is 1. The summed E-state index contributed by atoms with van der Waals surface area (Å²) >= 11 is 0. The smallest absolute Gasteiger partial charge is 0.108 e. The van der Waals surface area contributed by atoms with Crippen LogP contribution in [-0.2, 0) is 10.2 Å². The van der Waals surface area contributed by atoms with Crippen molar-refractivity contribution in [3.05, 3.63) is 29.8 Å². The zero-order valence-electron chi connectivity index (χ0n) is 7.86. The van der Waals surface area contributed by atoms with Gasteiger partial charge in [0.25, 0.3) is 0 Å². The molecule has 1 aromatic carbocycles. The van der Waals surface area contributed by atoms with E-state index >= 15 is 0 Å². The fraction of sp³-hybridized carbons (Fsp3) is 0.364. The molecule has 14 heavy (non-hydrogen) atoms. The van der Waals surface area contributed by atoms with Crippen molar-refractivity contribution in [1.82, 2.24) is 0 Å². The Labute approximate surface area is 83.1 Å². The van der Waals surface area contributed by atoms with Gasteiger partial charge in [-0.3, -0.25) is 0 Å². The molecule has 2 N–H and O–H groups in total. The number of nitrogens with two attached hydrogens (primary N) is 1. The molecule has 1 aromatic rings. The number of hydrogen-bond acceptors (Lipinski definition) is 3. The Bertz CT molecular complexity index is 358. The molecule has 1 aliphatic rings. The predicted octanol–water partition coefficient (Wildman–Crippen LogP) is 1.45. The van der Waals surface area contributed by atoms with Gasteiger partial charge in [0.05, 0.1) is 12.7 Å². The lowest BCUT2D eigenvalue weighted by atomic mass is 9.81. The number of rotatable bonds is 1. The highest BCUT2D eigenvalue weighted by Gasteiger charge is 2.36. The third-order valence-electron chi connectivity index (χ3n) is 2.70. The molecule has 0 spiro atoms. The minimum absolute atomic E-state index is 0.451. The zero-order valence-corrected chi connectivity index (χ0v) is 7.86. The second-order valence-electron chi connectivity index (χ2n) is 3.62. The molecule has 0 aliphatic carbocycles. The SMILES string of the molecule is N#C[C@@]1(c2ccc(N)cc2)CCOC1. The van der Waals surface area contributed by atoms with Gasteiger partial charge in [-0.25, -0.2) is 0 Å². The van der Waals surface area contributed by atoms with Gasteiger partial charge in [0.2, 0.25) is 0 Å². The molecular weight excluding hydrogens is 176 g/mol. The molecule has 0 radical (unpaired) electrons. The van der Waals surface area contributed by atoms with Crippen LogP contribution >= 0.6 is 0 Å². The molecule has 0 saturated carbocycles. The fourth-order valence-electron chi connectivity index (χ4n) is 1.75. The van der Waals surface area contributed by atoms with Crippen LogP contribution in [0.25, 0.3) is 0 Å². The van der Waals surface area contributed by atoms with Gasteiger partial charge >= 0.3 is 0 Å². The molecule has 0 bridgehead atoms. The third-order valence-corrected chi connectivity index (χ3v) is 2.70. The number of hydrogen-bond donors (Lipinski definition) is 1. The van der Waals surface area contributed by atoms with E-state index in [0.717, 1.165) is 17.7 Å². The van der Waals surface area contributed by atoms with E-state index < -0.39 is 5.41 Å². The first kappa shape index (κ1) is 9.04. The quantitative estimate of drug-likeness (QED) is 0.678. The van der Waals surface area contributed by atoms with Crippen molar-refractivity contribution in [2.45, 2.75) is 11.8 Å². The Balaban J connectivity index is 2.37. The topological polar surface area (TPSA) is 59.0 Å². The Morgan fingerprint density at radius 3 is 2.57 bits per heavy atom. The number of nitrogens with zero attached hydrogens (tertiary/aromatic N) is 1. The summed E-state index contributed by atoms with van der Waals surface area (Å²) < 4.78 is 5.28. The summed E-state index contributed by atoms with van der Waals surface area (Å²) in [5.41, 5.74) is 6.87. The lowest BCUT2D eigenvalue weighted by molar-refractivity contribution is 0.186. The molecule has 1 atom stereocenters. The summed E-state index contributed by atoms with van der Waals surface area (Å²) in [4.78, 5) is 0. The summed E-state index contributed by atoms with van der Waals surface area (Å²) in [6, 6.07) is 9.82. The number of nitriles is 1. The molecule has 0 aromatic heterocycles. The third kappa shape index (κ3) is 1.34. The average molecular weight is 188 g/mol.